The third-order valence-corrected chi connectivity index (χ3v) is 1.82. The summed E-state index contributed by atoms with van der Waals surface area (Å²) in [5.41, 5.74) is 0.590. The van der Waals surface area contributed by atoms with Crippen molar-refractivity contribution in [3.8, 4) is 0 Å². The maximum absolute atomic E-state index is 11.3. The summed E-state index contributed by atoms with van der Waals surface area (Å²) >= 11 is 4.73. The Morgan fingerprint density at radius 2 is 2.00 bits per heavy atom. The number of benzene rings is 1. The van der Waals surface area contributed by atoms with E-state index in [1.807, 2.05) is 18.2 Å². The highest BCUT2D eigenvalue weighted by Gasteiger charge is 2.04. The van der Waals surface area contributed by atoms with Crippen molar-refractivity contribution in [2.24, 2.45) is 0 Å². The van der Waals surface area contributed by atoms with Crippen molar-refractivity contribution in [2.75, 3.05) is 12.4 Å². The molecule has 0 bridgehead atoms. The average molecular weight is 195 g/mol. The van der Waals surface area contributed by atoms with E-state index in [9.17, 15) is 4.79 Å². The van der Waals surface area contributed by atoms with Crippen molar-refractivity contribution in [2.45, 2.75) is 6.42 Å². The molecule has 1 aromatic rings. The van der Waals surface area contributed by atoms with E-state index < -0.39 is 0 Å². The lowest BCUT2D eigenvalue weighted by atomic mass is 10.2. The molecule has 1 aromatic carbocycles. The summed E-state index contributed by atoms with van der Waals surface area (Å²) in [6.07, 6.45) is 0.744. The second-order valence-electron chi connectivity index (χ2n) is 2.56. The summed E-state index contributed by atoms with van der Waals surface area (Å²) in [4.78, 5) is 11.3. The molecule has 0 aliphatic rings. The van der Waals surface area contributed by atoms with Gasteiger partial charge < -0.3 is 4.74 Å². The van der Waals surface area contributed by atoms with Gasteiger partial charge in [0.25, 0.3) is 0 Å². The van der Waals surface area contributed by atoms with Crippen molar-refractivity contribution < 1.29 is 9.53 Å². The molecular weight excluding hydrogens is 184 g/mol. The summed E-state index contributed by atoms with van der Waals surface area (Å²) in [6.45, 7) is 0.414. The summed E-state index contributed by atoms with van der Waals surface area (Å²) in [5, 5.41) is 0. The lowest BCUT2D eigenvalue weighted by molar-refractivity contribution is 0.0506. The molecular formula is C10H11O2S. The van der Waals surface area contributed by atoms with Crippen molar-refractivity contribution in [3.05, 3.63) is 35.9 Å². The quantitative estimate of drug-likeness (QED) is 0.545. The largest absolute Gasteiger partial charge is 0.462 e. The molecule has 0 unspecified atom stereocenters. The fourth-order valence-electron chi connectivity index (χ4n) is 0.881. The lowest BCUT2D eigenvalue weighted by Crippen LogP contribution is -2.06. The van der Waals surface area contributed by atoms with E-state index in [2.05, 4.69) is 0 Å². The third kappa shape index (κ3) is 3.51. The van der Waals surface area contributed by atoms with Gasteiger partial charge in [-0.1, -0.05) is 30.8 Å². The second-order valence-corrected chi connectivity index (χ2v) is 2.97. The molecule has 0 aliphatic carbocycles. The van der Waals surface area contributed by atoms with Crippen molar-refractivity contribution in [1.82, 2.24) is 0 Å². The predicted molar refractivity (Wildman–Crippen MR) is 53.8 cm³/mol. The SMILES string of the molecule is O=C(OCCC[S])c1ccccc1. The molecule has 0 N–H and O–H groups in total. The van der Waals surface area contributed by atoms with Gasteiger partial charge in [0.15, 0.2) is 0 Å². The first-order valence-electron chi connectivity index (χ1n) is 4.15. The molecule has 0 aromatic heterocycles. The predicted octanol–water partition coefficient (Wildman–Crippen LogP) is 2.43. The standard InChI is InChI=1S/C10H11O2S/c11-10(12-7-4-8-13)9-5-2-1-3-6-9/h1-3,5-6H,4,7-8H2. The van der Waals surface area contributed by atoms with Crippen LogP contribution < -0.4 is 0 Å². The zero-order valence-electron chi connectivity index (χ0n) is 7.23. The highest BCUT2D eigenvalue weighted by molar-refractivity contribution is 7.80. The first kappa shape index (κ1) is 10.1. The molecule has 0 aliphatic heterocycles. The van der Waals surface area contributed by atoms with Gasteiger partial charge in [0.2, 0.25) is 0 Å². The first-order valence-corrected chi connectivity index (χ1v) is 4.72. The van der Waals surface area contributed by atoms with Crippen LogP contribution in [0.1, 0.15) is 16.8 Å². The van der Waals surface area contributed by atoms with Crippen LogP contribution in [0.15, 0.2) is 30.3 Å². The molecule has 1 rings (SSSR count). The highest BCUT2D eigenvalue weighted by atomic mass is 32.1. The fraction of sp³-hybridized carbons (Fsp3) is 0.300. The third-order valence-electron chi connectivity index (χ3n) is 1.53. The van der Waals surface area contributed by atoms with E-state index in [1.165, 1.54) is 0 Å². The number of carbonyl (C=O) groups is 1. The van der Waals surface area contributed by atoms with Crippen LogP contribution in [0, 0.1) is 0 Å². The number of carbonyl (C=O) groups excluding carboxylic acids is 1. The normalized spacial score (nSPS) is 9.62. The van der Waals surface area contributed by atoms with Crippen LogP contribution >= 0.6 is 12.6 Å². The van der Waals surface area contributed by atoms with Crippen LogP contribution in [0.3, 0.4) is 0 Å². The lowest BCUT2D eigenvalue weighted by Gasteiger charge is -2.02. The van der Waals surface area contributed by atoms with Gasteiger partial charge in [-0.05, 0) is 18.6 Å². The molecule has 3 heteroatoms. The Labute approximate surface area is 83.3 Å². The molecule has 0 spiro atoms. The summed E-state index contributed by atoms with van der Waals surface area (Å²) in [6, 6.07) is 8.94. The van der Waals surface area contributed by atoms with E-state index in [1.54, 1.807) is 12.1 Å². The van der Waals surface area contributed by atoms with E-state index in [4.69, 9.17) is 17.4 Å². The Morgan fingerprint density at radius 3 is 2.62 bits per heavy atom. The van der Waals surface area contributed by atoms with Gasteiger partial charge in [-0.25, -0.2) is 4.79 Å². The second kappa shape index (κ2) is 5.65. The minimum Gasteiger partial charge on any atom is -0.462 e. The molecule has 13 heavy (non-hydrogen) atoms. The molecule has 0 fully saturated rings. The minimum atomic E-state index is -0.274. The zero-order chi connectivity index (χ0) is 9.52. The van der Waals surface area contributed by atoms with Gasteiger partial charge in [-0.3, -0.25) is 0 Å². The van der Waals surface area contributed by atoms with Gasteiger partial charge in [0, 0.05) is 5.75 Å². The van der Waals surface area contributed by atoms with Crippen LogP contribution in [0.25, 0.3) is 0 Å². The van der Waals surface area contributed by atoms with E-state index >= 15 is 0 Å². The van der Waals surface area contributed by atoms with Crippen LogP contribution in [-0.2, 0) is 4.74 Å². The Balaban J connectivity index is 2.40. The first-order chi connectivity index (χ1) is 6.34. The Hall–Kier alpha value is -0.960. The van der Waals surface area contributed by atoms with Crippen LogP contribution in [-0.4, -0.2) is 18.3 Å². The minimum absolute atomic E-state index is 0.274. The highest BCUT2D eigenvalue weighted by Crippen LogP contribution is 2.01. The van der Waals surface area contributed by atoms with Gasteiger partial charge >= 0.3 is 5.97 Å². The fourth-order valence-corrected chi connectivity index (χ4v) is 0.999. The topological polar surface area (TPSA) is 26.3 Å². The Kier molecular flexibility index (Phi) is 4.40. The molecule has 2 nitrogen and oxygen atoms in total. The molecule has 1 radical (unpaired) electrons. The van der Waals surface area contributed by atoms with Crippen molar-refractivity contribution >= 4 is 18.6 Å². The van der Waals surface area contributed by atoms with Crippen LogP contribution in [0.5, 0.6) is 0 Å². The Bertz CT molecular complexity index is 259. The average Bonchev–Trinajstić information content (AvgIpc) is 2.19. The van der Waals surface area contributed by atoms with E-state index in [0.717, 1.165) is 6.42 Å². The number of rotatable bonds is 4. The van der Waals surface area contributed by atoms with Crippen molar-refractivity contribution in [1.29, 1.82) is 0 Å². The van der Waals surface area contributed by atoms with E-state index in [-0.39, 0.29) is 5.97 Å². The van der Waals surface area contributed by atoms with Gasteiger partial charge in [0.1, 0.15) is 0 Å². The van der Waals surface area contributed by atoms with Crippen LogP contribution in [0.2, 0.25) is 0 Å². The van der Waals surface area contributed by atoms with Crippen LogP contribution in [0.4, 0.5) is 0 Å². The number of hydrogen-bond acceptors (Lipinski definition) is 2. The zero-order valence-corrected chi connectivity index (χ0v) is 8.05. The maximum Gasteiger partial charge on any atom is 0.338 e. The summed E-state index contributed by atoms with van der Waals surface area (Å²) in [5.74, 6) is 0.353. The van der Waals surface area contributed by atoms with E-state index in [0.29, 0.717) is 17.9 Å². The smallest absolute Gasteiger partial charge is 0.338 e. The number of ether oxygens (including phenoxy) is 1. The monoisotopic (exact) mass is 195 g/mol. The summed E-state index contributed by atoms with van der Waals surface area (Å²) < 4.78 is 4.96. The Morgan fingerprint density at radius 1 is 1.31 bits per heavy atom. The number of hydrogen-bond donors (Lipinski definition) is 0. The van der Waals surface area contributed by atoms with Crippen molar-refractivity contribution in [3.63, 3.8) is 0 Å². The molecule has 0 amide bonds. The molecule has 69 valence electrons. The number of esters is 1. The summed E-state index contributed by atoms with van der Waals surface area (Å²) in [7, 11) is 0. The molecule has 0 heterocycles. The van der Waals surface area contributed by atoms with Gasteiger partial charge in [-0.2, -0.15) is 0 Å². The van der Waals surface area contributed by atoms with Gasteiger partial charge in [0.05, 0.1) is 12.2 Å². The molecule has 0 atom stereocenters. The van der Waals surface area contributed by atoms with Gasteiger partial charge in [-0.15, -0.1) is 0 Å². The molecule has 0 saturated heterocycles. The molecule has 0 saturated carbocycles. The maximum atomic E-state index is 11.3.